The Balaban J connectivity index is 0.000000149. The third-order valence-corrected chi connectivity index (χ3v) is 27.7. The summed E-state index contributed by atoms with van der Waals surface area (Å²) < 4.78 is 41.8. The topological polar surface area (TPSA) is 289 Å². The van der Waals surface area contributed by atoms with Crippen LogP contribution in [-0.4, -0.2) is 202 Å². The van der Waals surface area contributed by atoms with E-state index in [0.717, 1.165) is 172 Å². The fourth-order valence-electron chi connectivity index (χ4n) is 20.4. The van der Waals surface area contributed by atoms with E-state index in [2.05, 4.69) is 120 Å². The van der Waals surface area contributed by atoms with Crippen LogP contribution >= 0.6 is 71.2 Å². The van der Waals surface area contributed by atoms with Crippen LogP contribution in [0.3, 0.4) is 0 Å². The quantitative estimate of drug-likeness (QED) is 0.0370. The van der Waals surface area contributed by atoms with Gasteiger partial charge in [0, 0.05) is 159 Å². The van der Waals surface area contributed by atoms with Crippen LogP contribution in [0.15, 0.2) is 158 Å². The van der Waals surface area contributed by atoms with Crippen molar-refractivity contribution in [2.75, 3.05) is 70.8 Å². The highest BCUT2D eigenvalue weighted by Gasteiger charge is 2.50. The molecule has 2 aromatic heterocycles. The number of anilines is 4. The van der Waals surface area contributed by atoms with Crippen molar-refractivity contribution in [2.45, 2.75) is 235 Å². The van der Waals surface area contributed by atoms with Gasteiger partial charge in [0.05, 0.1) is 68.7 Å². The molecule has 8 N–H and O–H groups in total. The molecule has 0 radical (unpaired) electrons. The van der Waals surface area contributed by atoms with Gasteiger partial charge in [0.1, 0.15) is 28.6 Å². The van der Waals surface area contributed by atoms with E-state index in [1.54, 1.807) is 59.0 Å². The van der Waals surface area contributed by atoms with Gasteiger partial charge in [-0.05, 0) is 279 Å². The van der Waals surface area contributed by atoms with Crippen molar-refractivity contribution in [3.63, 3.8) is 0 Å². The van der Waals surface area contributed by atoms with Crippen LogP contribution in [-0.2, 0) is 50.2 Å². The number of ether oxygens (including phenoxy) is 5. The van der Waals surface area contributed by atoms with Crippen molar-refractivity contribution in [3.8, 4) is 23.0 Å². The van der Waals surface area contributed by atoms with Crippen LogP contribution in [0.25, 0.3) is 0 Å². The van der Waals surface area contributed by atoms with Gasteiger partial charge >= 0.3 is 12.1 Å². The summed E-state index contributed by atoms with van der Waals surface area (Å²) >= 11 is 24.3. The molecule has 13 heterocycles. The molecule has 9 aromatic rings. The molecule has 8 fully saturated rings. The van der Waals surface area contributed by atoms with E-state index in [1.807, 2.05) is 113 Å². The van der Waals surface area contributed by atoms with E-state index in [1.165, 1.54) is 66.3 Å². The summed E-state index contributed by atoms with van der Waals surface area (Å²) in [5.41, 5.74) is 20.3. The number of carboxylic acid groups (broad SMARTS) is 1. The number of aromatic carboxylic acids is 1. The predicted octanol–water partition coefficient (Wildman–Crippen LogP) is 18.5. The zero-order valence-electron chi connectivity index (χ0n) is 76.6. The van der Waals surface area contributed by atoms with E-state index in [4.69, 9.17) is 82.3 Å². The van der Waals surface area contributed by atoms with Crippen LogP contribution in [0.1, 0.15) is 181 Å². The number of benzene rings is 7. The summed E-state index contributed by atoms with van der Waals surface area (Å²) in [6, 6.07) is 52.8. The Morgan fingerprint density at radius 2 is 0.863 bits per heavy atom. The minimum absolute atomic E-state index is 0. The Morgan fingerprint density at radius 1 is 0.496 bits per heavy atom. The Hall–Kier alpha value is -9.55. The number of hydrogen-bond donors (Lipinski definition) is 7. The van der Waals surface area contributed by atoms with Gasteiger partial charge in [-0.1, -0.05) is 83.3 Å². The molecule has 32 heteroatoms. The second kappa shape index (κ2) is 45.9. The zero-order chi connectivity index (χ0) is 92.0. The first-order valence-electron chi connectivity index (χ1n) is 45.3. The smallest absolute Gasteiger partial charge is 0.407 e. The van der Waals surface area contributed by atoms with Gasteiger partial charge in [-0.2, -0.15) is 0 Å². The number of nitrogens with two attached hydrogens (primary N) is 1. The number of rotatable bonds is 19. The van der Waals surface area contributed by atoms with Gasteiger partial charge in [-0.25, -0.2) is 29.5 Å². The lowest BCUT2D eigenvalue weighted by Crippen LogP contribution is -2.45. The van der Waals surface area contributed by atoms with Gasteiger partial charge in [0.15, 0.2) is 0 Å². The van der Waals surface area contributed by atoms with E-state index < -0.39 is 18.7 Å². The minimum Gasteiger partial charge on any atom is -0.497 e. The lowest BCUT2D eigenvalue weighted by molar-refractivity contribution is 0.0490. The number of halogens is 7. The van der Waals surface area contributed by atoms with Crippen LogP contribution in [0.4, 0.5) is 32.2 Å². The highest BCUT2D eigenvalue weighted by Crippen LogP contribution is 2.45. The number of aryl methyl sites for hydroxylation is 2. The van der Waals surface area contributed by atoms with Gasteiger partial charge in [-0.15, -0.1) is 24.8 Å². The summed E-state index contributed by atoms with van der Waals surface area (Å²) in [6.45, 7) is 15.8. The first-order valence-corrected chi connectivity index (χ1v) is 46.1. The number of carboxylic acids is 1. The van der Waals surface area contributed by atoms with Crippen LogP contribution < -0.4 is 56.2 Å². The summed E-state index contributed by atoms with van der Waals surface area (Å²) in [4.78, 5) is 77.9. The van der Waals surface area contributed by atoms with Gasteiger partial charge in [0.25, 0.3) is 11.8 Å². The van der Waals surface area contributed by atoms with Crippen LogP contribution in [0, 0.1) is 13.8 Å². The van der Waals surface area contributed by atoms with Crippen molar-refractivity contribution >= 4 is 118 Å². The number of carbonyl (C=O) groups excluding carboxylic acids is 3. The second-order valence-electron chi connectivity index (χ2n) is 35.8. The second-order valence-corrected chi connectivity index (χ2v) is 37.3. The average Bonchev–Trinajstić information content (AvgIpc) is 1.67. The summed E-state index contributed by atoms with van der Waals surface area (Å²) in [7, 11) is 5.76. The van der Waals surface area contributed by atoms with Crippen molar-refractivity contribution in [1.29, 1.82) is 0 Å². The van der Waals surface area contributed by atoms with Crippen molar-refractivity contribution in [3.05, 3.63) is 245 Å². The summed E-state index contributed by atoms with van der Waals surface area (Å²) in [5.74, 6) is 3.11. The van der Waals surface area contributed by atoms with E-state index in [0.29, 0.717) is 85.8 Å². The molecule has 0 aliphatic carbocycles. The maximum absolute atomic E-state index is 13.4. The predicted molar refractivity (Wildman–Crippen MR) is 520 cm³/mol. The maximum Gasteiger partial charge on any atom is 0.407 e. The fourth-order valence-corrected chi connectivity index (χ4v) is 21.3. The number of hydrogen-bond acceptors (Lipinski definition) is 21. The number of carbonyl (C=O) groups is 4. The largest absolute Gasteiger partial charge is 0.497 e. The first-order chi connectivity index (χ1) is 62.6. The lowest BCUT2D eigenvalue weighted by Gasteiger charge is -2.27. The number of nitrogens with zero attached hydrogens (tertiary/aromatic N) is 9. The molecule has 25 nitrogen and oxygen atoms in total. The van der Waals surface area contributed by atoms with Crippen molar-refractivity contribution < 1.29 is 53.7 Å². The molecular weight excluding hydrogens is 1790 g/mol. The van der Waals surface area contributed by atoms with E-state index in [9.17, 15) is 23.6 Å². The number of nitrogens with one attached hydrogen (secondary N) is 5. The molecule has 0 saturated carbocycles. The summed E-state index contributed by atoms with van der Waals surface area (Å²) in [6.07, 6.45) is 19.5. The number of methoxy groups -OCH3 is 4. The van der Waals surface area contributed by atoms with Crippen molar-refractivity contribution in [1.82, 2.24) is 55.5 Å². The number of aromatic nitrogens is 4. The SMILES string of the molecule is COc1ccc(CN2[C@H]3CC[C@@H]2[C@H](N)C3)cc1.COc1ccc(CN2[C@H]3CC[C@@H]2[C@H](NC(=O)OC(C)(C)C)C3)cc1.COc1ccc(CN2[C@H]3CC[C@@H]2[C@H](NC(=O)c2cc4c(cc2Cl)N(c2nccc(C)n2)CC4)C3)cc1.COc1ccc(CN2[C@H]3CC[C@@H]2[C@H](NC(=O)c2cc4c(cc2Cl)NCC4)C3)cc1.Cc1ccnc(Cl)n1.Cl.Cl.O=C(O)c1cc2c(cc1Cl)NCC2.[2H]CF. The van der Waals surface area contributed by atoms with Gasteiger partial charge in [-0.3, -0.25) is 33.6 Å². The number of amides is 3. The van der Waals surface area contributed by atoms with E-state index >= 15 is 0 Å². The monoisotopic (exact) mass is 1910 g/mol. The van der Waals surface area contributed by atoms with Crippen LogP contribution in [0.5, 0.6) is 23.0 Å². The highest BCUT2D eigenvalue weighted by molar-refractivity contribution is 6.35. The lowest BCUT2D eigenvalue weighted by atomic mass is 9.95. The molecular formula is C99H122Cl6FN15O10. The molecule has 0 unspecified atom stereocenters. The molecule has 11 aliphatic heterocycles. The molecule has 8 bridgehead atoms. The molecule has 11 aliphatic rings. The molecule has 131 heavy (non-hydrogen) atoms. The number of alkyl halides is 1. The number of fused-ring (bicyclic) bond motifs is 11. The molecule has 20 rings (SSSR count). The molecule has 7 aromatic carbocycles. The number of alkyl carbamates (subject to hydrolysis) is 1. The fraction of sp³-hybridized carbons (Fsp3) is 0.455. The maximum atomic E-state index is 13.4. The summed E-state index contributed by atoms with van der Waals surface area (Å²) in [5, 5.41) is 26.5. The molecule has 702 valence electrons. The molecule has 3 amide bonds. The normalized spacial score (nSPS) is 22.8. The van der Waals surface area contributed by atoms with Crippen LogP contribution in [0.2, 0.25) is 20.4 Å². The first kappa shape index (κ1) is 98.9. The molecule has 0 spiro atoms. The van der Waals surface area contributed by atoms with Gasteiger partial charge < -0.3 is 66.0 Å². The third kappa shape index (κ3) is 24.9. The zero-order valence-corrected chi connectivity index (χ0v) is 80.3. The highest BCUT2D eigenvalue weighted by atomic mass is 35.5. The third-order valence-electron chi connectivity index (χ3n) is 26.6. The van der Waals surface area contributed by atoms with Crippen molar-refractivity contribution in [2.24, 2.45) is 5.73 Å². The standard InChI is InChI=1S/C28H30ClN5O2.C23H26ClN3O2.C19H28N2O3.C14H20N2O.C9H8ClNO2.C5H5ClN2.CH3F.2ClH/c1-17-9-11-30-28(31-17)33-12-10-19-13-22(23(29)15-26(19)33)27(35)32-24-14-20-5-8-25(24)34(20)16-18-3-6-21(36-2)7-4-18;1-29-17-5-2-14(3-6-17)13-27-16-4-7-22(27)21(11-16)26-23(28)18-10-15-8-9-25-20(15)12-19(18)24;1-19(2,3)24-18(22)20-16-11-14-7-10-17(16)21(14)12-13-5-8-15(23-4)9-6-13;1-17-12-5-2-10(3-6-12)9-16-11-4-7-14(16)13(15)8-11;10-7-4-8-5(1-2-11-8)3-6(7)9(12)13;1-4-2-3-7-5(6)8-4;1-2;;/h3-4,6-7,9,11,13,15,20,24-25H,5,8,10,12,14,16H2,1-2H3,(H,32,35);2-3,5-6,10,12,16,21-22,25H,4,7-9,11,13H2,1H3,(H,26,28);5-6,8-9,14,16-17H,7,10-12H2,1-4H3,(H,20,22);2-3,5-6,11,13-14H,4,7-9,15H2,1H3;3-4,11H,1-2H2,(H,12,13);2-3H,1H3;1H3;2*1H/t20-,24+,25+;16-,21+,22+;14-,16+,17+;11-,13+,14+;;;;;/m0000...../s1/i;;;;;;1D;;. The Bertz CT molecular complexity index is 5380. The molecule has 12 atom stereocenters. The molecule has 8 saturated heterocycles. The van der Waals surface area contributed by atoms with Gasteiger partial charge in [0.2, 0.25) is 11.2 Å². The Kier molecular flexibility index (Phi) is 34.7. The Labute approximate surface area is 802 Å². The Morgan fingerprint density at radius 3 is 1.23 bits per heavy atom. The van der Waals surface area contributed by atoms with E-state index in [-0.39, 0.29) is 66.4 Å². The average molecular weight is 1910 g/mol. The minimum atomic E-state index is -1.00.